The standard InChI is InChI=1S/C9H4ClFO2S/c10-9(13)4-1-2-5(11)7-6(12)3-14-8(4)7/h1-2H,3H2. The van der Waals surface area contributed by atoms with Gasteiger partial charge >= 0.3 is 0 Å². The molecule has 0 unspecified atom stereocenters. The van der Waals surface area contributed by atoms with Crippen LogP contribution in [0.1, 0.15) is 20.7 Å². The number of hydrogen-bond donors (Lipinski definition) is 0. The third kappa shape index (κ3) is 1.35. The van der Waals surface area contributed by atoms with E-state index in [9.17, 15) is 14.0 Å². The maximum absolute atomic E-state index is 13.2. The summed E-state index contributed by atoms with van der Waals surface area (Å²) in [5.41, 5.74) is 0.209. The van der Waals surface area contributed by atoms with E-state index in [2.05, 4.69) is 0 Å². The molecule has 2 nitrogen and oxygen atoms in total. The fraction of sp³-hybridized carbons (Fsp3) is 0.111. The van der Waals surface area contributed by atoms with Gasteiger partial charge in [0, 0.05) is 10.5 Å². The molecule has 1 aromatic carbocycles. The van der Waals surface area contributed by atoms with Crippen molar-refractivity contribution in [1.29, 1.82) is 0 Å². The van der Waals surface area contributed by atoms with Crippen molar-refractivity contribution in [1.82, 2.24) is 0 Å². The average Bonchev–Trinajstić information content (AvgIpc) is 2.49. The van der Waals surface area contributed by atoms with Crippen LogP contribution < -0.4 is 0 Å². The molecule has 72 valence electrons. The predicted molar refractivity (Wildman–Crippen MR) is 51.6 cm³/mol. The van der Waals surface area contributed by atoms with E-state index in [4.69, 9.17) is 11.6 Å². The second-order valence-corrected chi connectivity index (χ2v) is 4.11. The average molecular weight is 231 g/mol. The first-order valence-corrected chi connectivity index (χ1v) is 5.16. The van der Waals surface area contributed by atoms with Crippen LogP contribution in [0, 0.1) is 5.82 Å². The van der Waals surface area contributed by atoms with E-state index in [0.29, 0.717) is 4.90 Å². The molecule has 1 aliphatic rings. The number of halogens is 2. The molecule has 1 aromatic rings. The fourth-order valence-electron chi connectivity index (χ4n) is 1.33. The highest BCUT2D eigenvalue weighted by molar-refractivity contribution is 8.00. The zero-order chi connectivity index (χ0) is 10.3. The summed E-state index contributed by atoms with van der Waals surface area (Å²) in [6, 6.07) is 2.40. The molecule has 0 amide bonds. The lowest BCUT2D eigenvalue weighted by molar-refractivity contribution is 0.102. The Morgan fingerprint density at radius 3 is 2.86 bits per heavy atom. The Kier molecular flexibility index (Phi) is 2.33. The molecule has 0 saturated carbocycles. The molecule has 0 radical (unpaired) electrons. The summed E-state index contributed by atoms with van der Waals surface area (Å²) in [4.78, 5) is 22.6. The summed E-state index contributed by atoms with van der Waals surface area (Å²) in [7, 11) is 0. The molecular formula is C9H4ClFO2S. The maximum Gasteiger partial charge on any atom is 0.253 e. The highest BCUT2D eigenvalue weighted by atomic mass is 35.5. The molecule has 0 aliphatic carbocycles. The number of thioether (sulfide) groups is 1. The molecular weight excluding hydrogens is 227 g/mol. The van der Waals surface area contributed by atoms with Gasteiger partial charge < -0.3 is 0 Å². The molecule has 0 spiro atoms. The highest BCUT2D eigenvalue weighted by Gasteiger charge is 2.28. The second kappa shape index (κ2) is 3.37. The van der Waals surface area contributed by atoms with E-state index in [1.54, 1.807) is 0 Å². The normalized spacial score (nSPS) is 14.3. The molecule has 0 bridgehead atoms. The number of carbonyl (C=O) groups is 2. The molecule has 1 aliphatic heterocycles. The summed E-state index contributed by atoms with van der Waals surface area (Å²) in [5.74, 6) is -0.702. The fourth-order valence-corrected chi connectivity index (χ4v) is 2.64. The van der Waals surface area contributed by atoms with Crippen molar-refractivity contribution in [3.63, 3.8) is 0 Å². The zero-order valence-electron chi connectivity index (χ0n) is 6.84. The second-order valence-electron chi connectivity index (χ2n) is 2.78. The van der Waals surface area contributed by atoms with E-state index in [-0.39, 0.29) is 22.7 Å². The van der Waals surface area contributed by atoms with Gasteiger partial charge in [0.25, 0.3) is 5.24 Å². The number of ketones is 1. The number of rotatable bonds is 1. The van der Waals surface area contributed by atoms with Gasteiger partial charge in [0.15, 0.2) is 5.78 Å². The van der Waals surface area contributed by atoms with Crippen molar-refractivity contribution in [2.45, 2.75) is 4.90 Å². The predicted octanol–water partition coefficient (Wildman–Crippen LogP) is 2.49. The van der Waals surface area contributed by atoms with Gasteiger partial charge in [-0.2, -0.15) is 0 Å². The lowest BCUT2D eigenvalue weighted by Crippen LogP contribution is -2.01. The van der Waals surface area contributed by atoms with Gasteiger partial charge in [0.05, 0.1) is 11.3 Å². The zero-order valence-corrected chi connectivity index (χ0v) is 8.41. The quantitative estimate of drug-likeness (QED) is 0.695. The van der Waals surface area contributed by atoms with E-state index < -0.39 is 11.1 Å². The van der Waals surface area contributed by atoms with Crippen molar-refractivity contribution in [3.8, 4) is 0 Å². The Morgan fingerprint density at radius 2 is 2.21 bits per heavy atom. The molecule has 0 atom stereocenters. The van der Waals surface area contributed by atoms with Crippen LogP contribution in [-0.4, -0.2) is 16.8 Å². The van der Waals surface area contributed by atoms with Crippen LogP contribution in [0.15, 0.2) is 17.0 Å². The smallest absolute Gasteiger partial charge is 0.253 e. The first-order valence-electron chi connectivity index (χ1n) is 3.79. The lowest BCUT2D eigenvalue weighted by atomic mass is 10.1. The Labute approximate surface area is 88.4 Å². The summed E-state index contributed by atoms with van der Waals surface area (Å²) in [6.45, 7) is 0. The first-order chi connectivity index (χ1) is 6.61. The highest BCUT2D eigenvalue weighted by Crippen LogP contribution is 2.36. The topological polar surface area (TPSA) is 34.1 Å². The van der Waals surface area contributed by atoms with Gasteiger partial charge in [0.1, 0.15) is 5.82 Å². The van der Waals surface area contributed by atoms with Crippen LogP contribution in [0.3, 0.4) is 0 Å². The van der Waals surface area contributed by atoms with Gasteiger partial charge in [-0.3, -0.25) is 9.59 Å². The van der Waals surface area contributed by atoms with E-state index in [1.165, 1.54) is 6.07 Å². The Balaban J connectivity index is 2.70. The summed E-state index contributed by atoms with van der Waals surface area (Å²) < 4.78 is 13.2. The molecule has 5 heteroatoms. The molecule has 0 aromatic heterocycles. The third-order valence-electron chi connectivity index (χ3n) is 1.95. The minimum absolute atomic E-state index is 0.00139. The largest absolute Gasteiger partial charge is 0.293 e. The molecule has 1 heterocycles. The van der Waals surface area contributed by atoms with Crippen molar-refractivity contribution >= 4 is 34.4 Å². The van der Waals surface area contributed by atoms with Gasteiger partial charge in [0.2, 0.25) is 0 Å². The van der Waals surface area contributed by atoms with Gasteiger partial charge in [-0.05, 0) is 23.7 Å². The molecule has 0 N–H and O–H groups in total. The van der Waals surface area contributed by atoms with Gasteiger partial charge in [-0.25, -0.2) is 4.39 Å². The maximum atomic E-state index is 13.2. The SMILES string of the molecule is O=C(Cl)c1ccc(F)c2c1SCC2=O. The van der Waals surface area contributed by atoms with Gasteiger partial charge in [-0.1, -0.05) is 0 Å². The Morgan fingerprint density at radius 1 is 1.50 bits per heavy atom. The van der Waals surface area contributed by atoms with Crippen LogP contribution >= 0.6 is 23.4 Å². The number of Topliss-reactive ketones (excluding diaryl/α,β-unsaturated/α-hetero) is 1. The Hall–Kier alpha value is -0.870. The van der Waals surface area contributed by atoms with E-state index >= 15 is 0 Å². The van der Waals surface area contributed by atoms with Crippen molar-refractivity contribution in [3.05, 3.63) is 29.1 Å². The minimum Gasteiger partial charge on any atom is -0.293 e. The number of fused-ring (bicyclic) bond motifs is 1. The third-order valence-corrected chi connectivity index (χ3v) is 3.27. The number of hydrogen-bond acceptors (Lipinski definition) is 3. The van der Waals surface area contributed by atoms with Crippen molar-refractivity contribution < 1.29 is 14.0 Å². The minimum atomic E-state index is -0.663. The van der Waals surface area contributed by atoms with Gasteiger partial charge in [-0.15, -0.1) is 11.8 Å². The molecule has 0 fully saturated rings. The van der Waals surface area contributed by atoms with Crippen LogP contribution in [-0.2, 0) is 0 Å². The van der Waals surface area contributed by atoms with Crippen LogP contribution in [0.2, 0.25) is 0 Å². The lowest BCUT2D eigenvalue weighted by Gasteiger charge is -2.02. The molecule has 2 rings (SSSR count). The summed E-state index contributed by atoms with van der Waals surface area (Å²) >= 11 is 6.45. The first kappa shape index (κ1) is 9.68. The summed E-state index contributed by atoms with van der Waals surface area (Å²) in [6.07, 6.45) is 0. The molecule has 14 heavy (non-hydrogen) atoms. The Bertz CT molecular complexity index is 445. The van der Waals surface area contributed by atoms with Crippen molar-refractivity contribution in [2.75, 3.05) is 5.75 Å². The van der Waals surface area contributed by atoms with E-state index in [1.807, 2.05) is 0 Å². The van der Waals surface area contributed by atoms with Crippen LogP contribution in [0.25, 0.3) is 0 Å². The summed E-state index contributed by atoms with van der Waals surface area (Å²) in [5, 5.41) is -0.663. The van der Waals surface area contributed by atoms with Crippen LogP contribution in [0.4, 0.5) is 4.39 Å². The monoisotopic (exact) mass is 230 g/mol. The number of benzene rings is 1. The van der Waals surface area contributed by atoms with Crippen LogP contribution in [0.5, 0.6) is 0 Å². The molecule has 0 saturated heterocycles. The van der Waals surface area contributed by atoms with E-state index in [0.717, 1.165) is 17.8 Å². The van der Waals surface area contributed by atoms with Crippen molar-refractivity contribution in [2.24, 2.45) is 0 Å². The number of carbonyl (C=O) groups excluding carboxylic acids is 2.